The molecule has 1 aromatic heterocycles. The summed E-state index contributed by atoms with van der Waals surface area (Å²) in [5.74, 6) is -0.657. The summed E-state index contributed by atoms with van der Waals surface area (Å²) in [4.78, 5) is 25.2. The number of nitrogens with one attached hydrogen (secondary N) is 2. The predicted molar refractivity (Wildman–Crippen MR) is 119 cm³/mol. The Morgan fingerprint density at radius 2 is 1.55 bits per heavy atom. The van der Waals surface area contributed by atoms with Gasteiger partial charge in [0.25, 0.3) is 0 Å². The number of benzene rings is 2. The van der Waals surface area contributed by atoms with Crippen LogP contribution in [0.3, 0.4) is 0 Å². The monoisotopic (exact) mass is 437 g/mol. The Morgan fingerprint density at radius 1 is 0.903 bits per heavy atom. The Hall–Kier alpha value is -3.16. The van der Waals surface area contributed by atoms with Crippen molar-refractivity contribution in [1.29, 1.82) is 0 Å². The molecule has 1 atom stereocenters. The van der Waals surface area contributed by atoms with Crippen LogP contribution in [0.2, 0.25) is 0 Å². The van der Waals surface area contributed by atoms with Gasteiger partial charge in [0.05, 0.1) is 13.0 Å². The Balaban J connectivity index is 1.46. The van der Waals surface area contributed by atoms with Gasteiger partial charge in [-0.25, -0.2) is 4.79 Å². The zero-order valence-electron chi connectivity index (χ0n) is 17.1. The van der Waals surface area contributed by atoms with E-state index in [1.807, 2.05) is 72.8 Å². The largest absolute Gasteiger partial charge is 0.445 e. The van der Waals surface area contributed by atoms with E-state index in [1.165, 1.54) is 11.3 Å². The van der Waals surface area contributed by atoms with Gasteiger partial charge in [-0.15, -0.1) is 11.3 Å². The fourth-order valence-electron chi connectivity index (χ4n) is 2.94. The standard InChI is InChI=1S/C24H25N2O4S/c25-23(27)15-21(29-16-18-7-3-1-4-8-18)22-12-11-20(31-22)13-14-26-24(28)30-17-19-9-5-2-6-10-19/h1-12,21,25H,13-17H2,(H,26,28). The molecule has 3 rings (SSSR count). The van der Waals surface area contributed by atoms with Crippen molar-refractivity contribution in [1.82, 2.24) is 11.1 Å². The molecular weight excluding hydrogens is 412 g/mol. The van der Waals surface area contributed by atoms with Crippen molar-refractivity contribution in [2.24, 2.45) is 0 Å². The van der Waals surface area contributed by atoms with Crippen LogP contribution in [-0.2, 0) is 33.9 Å². The second-order valence-electron chi connectivity index (χ2n) is 6.96. The minimum atomic E-state index is -0.657. The molecule has 1 radical (unpaired) electrons. The van der Waals surface area contributed by atoms with E-state index in [9.17, 15) is 9.59 Å². The van der Waals surface area contributed by atoms with Crippen LogP contribution in [0.4, 0.5) is 4.79 Å². The maximum Gasteiger partial charge on any atom is 0.407 e. The lowest BCUT2D eigenvalue weighted by Crippen LogP contribution is -2.26. The molecule has 0 spiro atoms. The van der Waals surface area contributed by atoms with Crippen molar-refractivity contribution in [3.8, 4) is 0 Å². The zero-order valence-corrected chi connectivity index (χ0v) is 17.9. The highest BCUT2D eigenvalue weighted by atomic mass is 32.1. The maximum atomic E-state index is 11.9. The Kier molecular flexibility index (Phi) is 8.63. The van der Waals surface area contributed by atoms with Crippen molar-refractivity contribution in [3.05, 3.63) is 93.7 Å². The van der Waals surface area contributed by atoms with Crippen LogP contribution in [0.5, 0.6) is 0 Å². The summed E-state index contributed by atoms with van der Waals surface area (Å²) in [7, 11) is 0. The van der Waals surface area contributed by atoms with Crippen LogP contribution in [0.15, 0.2) is 72.8 Å². The second-order valence-corrected chi connectivity index (χ2v) is 8.16. The van der Waals surface area contributed by atoms with Crippen molar-refractivity contribution in [2.45, 2.75) is 32.2 Å². The molecule has 2 amide bonds. The van der Waals surface area contributed by atoms with Gasteiger partial charge < -0.3 is 14.8 Å². The fourth-order valence-corrected chi connectivity index (χ4v) is 4.01. The first kappa shape index (κ1) is 22.5. The smallest absolute Gasteiger partial charge is 0.407 e. The zero-order chi connectivity index (χ0) is 21.9. The summed E-state index contributed by atoms with van der Waals surface area (Å²) < 4.78 is 11.1. The Bertz CT molecular complexity index is 960. The molecule has 2 aromatic carbocycles. The van der Waals surface area contributed by atoms with E-state index < -0.39 is 18.1 Å². The van der Waals surface area contributed by atoms with Crippen LogP contribution in [-0.4, -0.2) is 18.5 Å². The Labute approximate surface area is 186 Å². The van der Waals surface area contributed by atoms with E-state index in [1.54, 1.807) is 0 Å². The van der Waals surface area contributed by atoms with E-state index in [-0.39, 0.29) is 13.0 Å². The molecule has 7 heteroatoms. The predicted octanol–water partition coefficient (Wildman–Crippen LogP) is 4.67. The molecule has 0 aliphatic rings. The topological polar surface area (TPSA) is 88.4 Å². The van der Waals surface area contributed by atoms with Crippen molar-refractivity contribution in [3.63, 3.8) is 0 Å². The third kappa shape index (κ3) is 7.88. The lowest BCUT2D eigenvalue weighted by Gasteiger charge is -2.15. The lowest BCUT2D eigenvalue weighted by molar-refractivity contribution is -0.121. The molecule has 1 unspecified atom stereocenters. The lowest BCUT2D eigenvalue weighted by atomic mass is 10.2. The number of hydrogen-bond donors (Lipinski definition) is 1. The van der Waals surface area contributed by atoms with Crippen molar-refractivity contribution >= 4 is 23.3 Å². The van der Waals surface area contributed by atoms with Crippen molar-refractivity contribution < 1.29 is 19.1 Å². The van der Waals surface area contributed by atoms with E-state index in [0.717, 1.165) is 20.9 Å². The number of amides is 2. The van der Waals surface area contributed by atoms with Gasteiger partial charge in [-0.3, -0.25) is 10.5 Å². The van der Waals surface area contributed by atoms with Gasteiger partial charge >= 0.3 is 6.09 Å². The first-order valence-electron chi connectivity index (χ1n) is 10.0. The summed E-state index contributed by atoms with van der Waals surface area (Å²) in [6.07, 6.45) is -0.250. The molecule has 3 aromatic rings. The molecule has 0 fully saturated rings. The van der Waals surface area contributed by atoms with E-state index in [4.69, 9.17) is 15.2 Å². The van der Waals surface area contributed by atoms with Crippen LogP contribution >= 0.6 is 11.3 Å². The number of rotatable bonds is 11. The van der Waals surface area contributed by atoms with Gasteiger partial charge in [0.2, 0.25) is 5.91 Å². The van der Waals surface area contributed by atoms with Gasteiger partial charge in [0, 0.05) is 16.3 Å². The highest BCUT2D eigenvalue weighted by Gasteiger charge is 2.18. The minimum Gasteiger partial charge on any atom is -0.445 e. The van der Waals surface area contributed by atoms with E-state index >= 15 is 0 Å². The van der Waals surface area contributed by atoms with Gasteiger partial charge in [-0.2, -0.15) is 0 Å². The fraction of sp³-hybridized carbons (Fsp3) is 0.250. The van der Waals surface area contributed by atoms with Gasteiger partial charge in [0.15, 0.2) is 0 Å². The van der Waals surface area contributed by atoms with Crippen LogP contribution < -0.4 is 11.1 Å². The highest BCUT2D eigenvalue weighted by molar-refractivity contribution is 7.12. The van der Waals surface area contributed by atoms with Crippen LogP contribution in [0.25, 0.3) is 0 Å². The first-order chi connectivity index (χ1) is 15.1. The molecule has 1 heterocycles. The molecule has 161 valence electrons. The van der Waals surface area contributed by atoms with Gasteiger partial charge in [-0.05, 0) is 29.7 Å². The number of hydrogen-bond acceptors (Lipinski definition) is 5. The van der Waals surface area contributed by atoms with E-state index in [0.29, 0.717) is 19.6 Å². The van der Waals surface area contributed by atoms with Crippen LogP contribution in [0, 0.1) is 0 Å². The van der Waals surface area contributed by atoms with Gasteiger partial charge in [0.1, 0.15) is 12.7 Å². The highest BCUT2D eigenvalue weighted by Crippen LogP contribution is 2.29. The molecule has 0 bridgehead atoms. The average Bonchev–Trinajstić information content (AvgIpc) is 3.25. The quantitative estimate of drug-likeness (QED) is 0.472. The summed E-state index contributed by atoms with van der Waals surface area (Å²) in [5.41, 5.74) is 9.28. The molecule has 0 saturated carbocycles. The number of thiophene rings is 1. The number of alkyl carbamates (subject to hydrolysis) is 1. The molecule has 31 heavy (non-hydrogen) atoms. The molecular formula is C24H25N2O4S. The van der Waals surface area contributed by atoms with Crippen molar-refractivity contribution in [2.75, 3.05) is 6.54 Å². The normalized spacial score (nSPS) is 11.6. The number of ether oxygens (including phenoxy) is 2. The molecule has 0 aliphatic carbocycles. The summed E-state index contributed by atoms with van der Waals surface area (Å²) >= 11 is 1.53. The number of carbonyl (C=O) groups is 2. The molecule has 0 saturated heterocycles. The number of carbonyl (C=O) groups excluding carboxylic acids is 2. The molecule has 6 nitrogen and oxygen atoms in total. The van der Waals surface area contributed by atoms with Crippen LogP contribution in [0.1, 0.15) is 33.4 Å². The average molecular weight is 438 g/mol. The molecule has 2 N–H and O–H groups in total. The summed E-state index contributed by atoms with van der Waals surface area (Å²) in [6.45, 7) is 1.05. The minimum absolute atomic E-state index is 0.0108. The summed E-state index contributed by atoms with van der Waals surface area (Å²) in [6, 6.07) is 23.1. The summed E-state index contributed by atoms with van der Waals surface area (Å²) in [5, 5.41) is 2.75. The first-order valence-corrected chi connectivity index (χ1v) is 10.8. The third-order valence-electron chi connectivity index (χ3n) is 4.52. The second kappa shape index (κ2) is 11.9. The molecule has 0 aliphatic heterocycles. The SMILES string of the molecule is [NH]C(=O)CC(OCc1ccccc1)c1ccc(CCNC(=O)OCc2ccccc2)s1. The Morgan fingerprint density at radius 3 is 2.19 bits per heavy atom. The van der Waals surface area contributed by atoms with Gasteiger partial charge in [-0.1, -0.05) is 60.7 Å². The maximum absolute atomic E-state index is 11.9. The van der Waals surface area contributed by atoms with E-state index in [2.05, 4.69) is 5.32 Å². The third-order valence-corrected chi connectivity index (χ3v) is 5.76.